The lowest BCUT2D eigenvalue weighted by Gasteiger charge is -2.12. The molecule has 0 amide bonds. The van der Waals surface area contributed by atoms with Crippen LogP contribution in [0, 0.1) is 10.1 Å². The number of halogens is 3. The van der Waals surface area contributed by atoms with Gasteiger partial charge in [0.15, 0.2) is 12.2 Å². The summed E-state index contributed by atoms with van der Waals surface area (Å²) in [5.41, 5.74) is -0.865. The number of aromatic nitrogens is 1. The van der Waals surface area contributed by atoms with Crippen LogP contribution in [0.15, 0.2) is 46.9 Å². The molecule has 24 heavy (non-hydrogen) atoms. The maximum atomic E-state index is 13.0. The number of hydrogen-bond donors (Lipinski definition) is 0. The van der Waals surface area contributed by atoms with Crippen molar-refractivity contribution in [3.63, 3.8) is 0 Å². The summed E-state index contributed by atoms with van der Waals surface area (Å²) in [4.78, 5) is 13.8. The average Bonchev–Trinajstić information content (AvgIpc) is 2.94. The zero-order chi connectivity index (χ0) is 17.3. The van der Waals surface area contributed by atoms with Crippen molar-refractivity contribution in [3.8, 4) is 5.75 Å². The summed E-state index contributed by atoms with van der Waals surface area (Å²) < 4.78 is 49.6. The Morgan fingerprint density at radius 3 is 2.62 bits per heavy atom. The van der Waals surface area contributed by atoms with Crippen molar-refractivity contribution < 1.29 is 27.2 Å². The van der Waals surface area contributed by atoms with E-state index in [9.17, 15) is 23.3 Å². The van der Waals surface area contributed by atoms with Gasteiger partial charge >= 0.3 is 6.18 Å². The molecule has 0 saturated carbocycles. The summed E-state index contributed by atoms with van der Waals surface area (Å²) in [5.74, 6) is -0.432. The molecule has 0 radical (unpaired) electrons. The quantitative estimate of drug-likeness (QED) is 0.522. The Labute approximate surface area is 132 Å². The lowest BCUT2D eigenvalue weighted by atomic mass is 10.1. The Morgan fingerprint density at radius 2 is 1.96 bits per heavy atom. The van der Waals surface area contributed by atoms with Gasteiger partial charge in [0.25, 0.3) is 5.69 Å². The van der Waals surface area contributed by atoms with Crippen LogP contribution in [-0.4, -0.2) is 9.91 Å². The molecule has 124 valence electrons. The second kappa shape index (κ2) is 5.84. The molecule has 0 fully saturated rings. The minimum atomic E-state index is -4.79. The molecule has 0 bridgehead atoms. The summed E-state index contributed by atoms with van der Waals surface area (Å²) in [6.45, 7) is -0.338. The summed E-state index contributed by atoms with van der Waals surface area (Å²) in [7, 11) is 0. The number of ether oxygens (including phenoxy) is 1. The summed E-state index contributed by atoms with van der Waals surface area (Å²) >= 11 is 0. The molecule has 9 heteroatoms. The maximum absolute atomic E-state index is 13.0. The molecule has 6 nitrogen and oxygen atoms in total. The van der Waals surface area contributed by atoms with E-state index in [1.165, 1.54) is 0 Å². The van der Waals surface area contributed by atoms with Crippen molar-refractivity contribution in [2.45, 2.75) is 12.8 Å². The second-order valence-corrected chi connectivity index (χ2v) is 4.80. The topological polar surface area (TPSA) is 78.4 Å². The highest BCUT2D eigenvalue weighted by molar-refractivity contribution is 5.72. The zero-order valence-electron chi connectivity index (χ0n) is 11.9. The molecule has 0 unspecified atom stereocenters. The van der Waals surface area contributed by atoms with Crippen LogP contribution in [0.3, 0.4) is 0 Å². The van der Waals surface area contributed by atoms with E-state index in [-0.39, 0.29) is 12.5 Å². The van der Waals surface area contributed by atoms with Crippen LogP contribution in [0.5, 0.6) is 5.75 Å². The van der Waals surface area contributed by atoms with Gasteiger partial charge in [-0.05, 0) is 18.2 Å². The number of benzene rings is 2. The van der Waals surface area contributed by atoms with Crippen molar-refractivity contribution in [2.24, 2.45) is 0 Å². The number of alkyl halides is 3. The number of fused-ring (bicyclic) bond motifs is 1. The number of oxazole rings is 1. The lowest BCUT2D eigenvalue weighted by molar-refractivity contribution is -0.385. The van der Waals surface area contributed by atoms with Crippen molar-refractivity contribution in [3.05, 3.63) is 64.0 Å². The third kappa shape index (κ3) is 3.14. The number of nitro benzene ring substituents is 1. The van der Waals surface area contributed by atoms with E-state index in [0.29, 0.717) is 17.2 Å². The Hall–Kier alpha value is -3.10. The van der Waals surface area contributed by atoms with E-state index in [2.05, 4.69) is 4.98 Å². The second-order valence-electron chi connectivity index (χ2n) is 4.80. The Kier molecular flexibility index (Phi) is 3.84. The largest absolute Gasteiger partial charge is 0.483 e. The standard InChI is InChI=1S/C15H9F3N2O4/c16-15(17,18)10-7-9(20(21)22)5-6-12(10)23-8-14-19-11-3-1-2-4-13(11)24-14/h1-7H,8H2. The molecule has 0 atom stereocenters. The highest BCUT2D eigenvalue weighted by Gasteiger charge is 2.36. The van der Waals surface area contributed by atoms with Gasteiger partial charge in [-0.1, -0.05) is 12.1 Å². The van der Waals surface area contributed by atoms with Gasteiger partial charge in [0.05, 0.1) is 4.92 Å². The fourth-order valence-corrected chi connectivity index (χ4v) is 2.10. The van der Waals surface area contributed by atoms with E-state index in [0.717, 1.165) is 12.1 Å². The number of non-ortho nitro benzene ring substituents is 1. The normalized spacial score (nSPS) is 11.6. The molecule has 0 aliphatic heterocycles. The molecule has 0 spiro atoms. The molecular weight excluding hydrogens is 329 g/mol. The average molecular weight is 338 g/mol. The molecular formula is C15H9F3N2O4. The molecule has 0 aliphatic carbocycles. The molecule has 2 aromatic carbocycles. The van der Waals surface area contributed by atoms with Crippen LogP contribution >= 0.6 is 0 Å². The highest BCUT2D eigenvalue weighted by atomic mass is 19.4. The first-order chi connectivity index (χ1) is 11.3. The van der Waals surface area contributed by atoms with Crippen molar-refractivity contribution in [2.75, 3.05) is 0 Å². The maximum Gasteiger partial charge on any atom is 0.420 e. The Bertz CT molecular complexity index is 872. The van der Waals surface area contributed by atoms with Crippen molar-refractivity contribution >= 4 is 16.8 Å². The zero-order valence-corrected chi connectivity index (χ0v) is 11.9. The number of para-hydroxylation sites is 2. The summed E-state index contributed by atoms with van der Waals surface area (Å²) in [6.07, 6.45) is -4.79. The molecule has 1 heterocycles. The van der Waals surface area contributed by atoms with E-state index < -0.39 is 28.1 Å². The SMILES string of the molecule is O=[N+]([O-])c1ccc(OCc2nc3ccccc3o2)c(C(F)(F)F)c1. The first-order valence-corrected chi connectivity index (χ1v) is 6.67. The van der Waals surface area contributed by atoms with Gasteiger partial charge in [-0.3, -0.25) is 10.1 Å². The molecule has 1 aromatic heterocycles. The van der Waals surface area contributed by atoms with Crippen LogP contribution in [0.25, 0.3) is 11.1 Å². The molecule has 0 aliphatic rings. The van der Waals surface area contributed by atoms with E-state index in [1.54, 1.807) is 24.3 Å². The Morgan fingerprint density at radius 1 is 1.21 bits per heavy atom. The third-order valence-corrected chi connectivity index (χ3v) is 3.17. The monoisotopic (exact) mass is 338 g/mol. The highest BCUT2D eigenvalue weighted by Crippen LogP contribution is 2.38. The molecule has 3 aromatic rings. The van der Waals surface area contributed by atoms with Crippen LogP contribution in [0.2, 0.25) is 0 Å². The first kappa shape index (κ1) is 15.8. The number of rotatable bonds is 4. The van der Waals surface area contributed by atoms with Crippen LogP contribution < -0.4 is 4.74 Å². The number of nitrogens with zero attached hydrogens (tertiary/aromatic N) is 2. The fraction of sp³-hybridized carbons (Fsp3) is 0.133. The predicted octanol–water partition coefficient (Wildman–Crippen LogP) is 4.33. The minimum absolute atomic E-state index is 0.0997. The van der Waals surface area contributed by atoms with Crippen LogP contribution in [0.1, 0.15) is 11.5 Å². The Balaban J connectivity index is 1.87. The van der Waals surface area contributed by atoms with E-state index in [4.69, 9.17) is 9.15 Å². The van der Waals surface area contributed by atoms with Gasteiger partial charge in [0, 0.05) is 12.1 Å². The van der Waals surface area contributed by atoms with Gasteiger partial charge in [0.2, 0.25) is 5.89 Å². The van der Waals surface area contributed by atoms with Gasteiger partial charge < -0.3 is 9.15 Å². The lowest BCUT2D eigenvalue weighted by Crippen LogP contribution is -2.09. The van der Waals surface area contributed by atoms with E-state index >= 15 is 0 Å². The van der Waals surface area contributed by atoms with Crippen molar-refractivity contribution in [1.29, 1.82) is 0 Å². The summed E-state index contributed by atoms with van der Waals surface area (Å²) in [5, 5.41) is 10.6. The first-order valence-electron chi connectivity index (χ1n) is 6.67. The predicted molar refractivity (Wildman–Crippen MR) is 76.4 cm³/mol. The molecule has 0 N–H and O–H groups in total. The smallest absolute Gasteiger partial charge is 0.420 e. The fourth-order valence-electron chi connectivity index (χ4n) is 2.10. The summed E-state index contributed by atoms with van der Waals surface area (Å²) in [6, 6.07) is 9.11. The van der Waals surface area contributed by atoms with E-state index in [1.807, 2.05) is 0 Å². The number of nitro groups is 1. The van der Waals surface area contributed by atoms with Crippen molar-refractivity contribution in [1.82, 2.24) is 4.98 Å². The number of hydrogen-bond acceptors (Lipinski definition) is 5. The third-order valence-electron chi connectivity index (χ3n) is 3.17. The molecule has 3 rings (SSSR count). The van der Waals surface area contributed by atoms with Crippen LogP contribution in [0.4, 0.5) is 18.9 Å². The molecule has 0 saturated heterocycles. The van der Waals surface area contributed by atoms with Gasteiger partial charge in [0.1, 0.15) is 16.8 Å². The van der Waals surface area contributed by atoms with Crippen LogP contribution in [-0.2, 0) is 12.8 Å². The van der Waals surface area contributed by atoms with Gasteiger partial charge in [-0.25, -0.2) is 4.98 Å². The van der Waals surface area contributed by atoms with Gasteiger partial charge in [-0.15, -0.1) is 0 Å². The minimum Gasteiger partial charge on any atom is -0.483 e. The van der Waals surface area contributed by atoms with Gasteiger partial charge in [-0.2, -0.15) is 13.2 Å².